The maximum absolute atomic E-state index is 14.7. The van der Waals surface area contributed by atoms with E-state index < -0.39 is 11.7 Å². The van der Waals surface area contributed by atoms with E-state index in [0.717, 1.165) is 16.8 Å². The van der Waals surface area contributed by atoms with Crippen LogP contribution in [0, 0.1) is 12.7 Å². The van der Waals surface area contributed by atoms with Crippen molar-refractivity contribution in [2.75, 3.05) is 7.11 Å². The van der Waals surface area contributed by atoms with Crippen LogP contribution in [0.4, 0.5) is 4.39 Å². The molecule has 6 nitrogen and oxygen atoms in total. The van der Waals surface area contributed by atoms with Gasteiger partial charge in [-0.05, 0) is 61.0 Å². The van der Waals surface area contributed by atoms with Gasteiger partial charge in [-0.15, -0.1) is 0 Å². The monoisotopic (exact) mass is 521 g/mol. The van der Waals surface area contributed by atoms with Crippen LogP contribution in [0.2, 0.25) is 0 Å². The third-order valence-electron chi connectivity index (χ3n) is 6.37. The second kappa shape index (κ2) is 11.6. The minimum atomic E-state index is -0.563. The second-order valence-electron chi connectivity index (χ2n) is 9.02. The zero-order valence-electron chi connectivity index (χ0n) is 21.8. The van der Waals surface area contributed by atoms with E-state index in [-0.39, 0.29) is 18.7 Å². The number of hydrogen-bond donors (Lipinski definition) is 0. The van der Waals surface area contributed by atoms with Gasteiger partial charge in [0.05, 0.1) is 36.2 Å². The first-order valence-corrected chi connectivity index (χ1v) is 12.6. The highest BCUT2D eigenvalue weighted by Crippen LogP contribution is 2.33. The van der Waals surface area contributed by atoms with Crippen LogP contribution in [-0.4, -0.2) is 27.7 Å². The number of nitrogens with zero attached hydrogens (tertiary/aromatic N) is 3. The van der Waals surface area contributed by atoms with Gasteiger partial charge in [0.25, 0.3) is 5.91 Å². The topological polar surface area (TPSA) is 56.6 Å². The standard InChI is InChI=1S/C32H28FN3O3/c1-23-29(22-35(21-24-11-5-3-6-12-24)31(37)28-15-9-10-16-30(28)33)32(36(34-23)25-13-7-4-8-14-25)39-27-19-17-26(38-2)18-20-27/h3-20H,21-22H2,1-2H3. The molecular formula is C32H28FN3O3. The average Bonchev–Trinajstić information content (AvgIpc) is 3.28. The summed E-state index contributed by atoms with van der Waals surface area (Å²) < 4.78 is 28.1. The Morgan fingerprint density at radius 3 is 2.10 bits per heavy atom. The van der Waals surface area contributed by atoms with Crippen molar-refractivity contribution >= 4 is 5.91 Å². The summed E-state index contributed by atoms with van der Waals surface area (Å²) in [6.07, 6.45) is 0. The number of aryl methyl sites for hydroxylation is 1. The summed E-state index contributed by atoms with van der Waals surface area (Å²) in [6.45, 7) is 2.32. The average molecular weight is 522 g/mol. The third-order valence-corrected chi connectivity index (χ3v) is 6.37. The van der Waals surface area contributed by atoms with Crippen molar-refractivity contribution in [3.05, 3.63) is 137 Å². The minimum absolute atomic E-state index is 0.0131. The maximum Gasteiger partial charge on any atom is 0.257 e. The fourth-order valence-corrected chi connectivity index (χ4v) is 4.32. The lowest BCUT2D eigenvalue weighted by Gasteiger charge is -2.24. The summed E-state index contributed by atoms with van der Waals surface area (Å²) in [7, 11) is 1.61. The van der Waals surface area contributed by atoms with E-state index in [1.165, 1.54) is 12.1 Å². The lowest BCUT2D eigenvalue weighted by atomic mass is 10.1. The number of halogens is 1. The Morgan fingerprint density at radius 1 is 0.821 bits per heavy atom. The molecule has 1 amide bonds. The van der Waals surface area contributed by atoms with Crippen molar-refractivity contribution in [2.45, 2.75) is 20.0 Å². The van der Waals surface area contributed by atoms with Gasteiger partial charge in [0, 0.05) is 6.54 Å². The molecule has 0 spiro atoms. The molecule has 0 N–H and O–H groups in total. The van der Waals surface area contributed by atoms with Crippen molar-refractivity contribution in [1.29, 1.82) is 0 Å². The molecule has 5 rings (SSSR count). The molecule has 0 saturated heterocycles. The smallest absolute Gasteiger partial charge is 0.257 e. The zero-order valence-corrected chi connectivity index (χ0v) is 21.8. The molecular weight excluding hydrogens is 493 g/mol. The van der Waals surface area contributed by atoms with Crippen molar-refractivity contribution in [3.8, 4) is 23.1 Å². The summed E-state index contributed by atoms with van der Waals surface area (Å²) in [5.74, 6) is 0.790. The third kappa shape index (κ3) is 5.83. The molecule has 1 heterocycles. The van der Waals surface area contributed by atoms with Gasteiger partial charge in [0.15, 0.2) is 0 Å². The summed E-state index contributed by atoms with van der Waals surface area (Å²) in [5, 5.41) is 4.78. The first kappa shape index (κ1) is 25.7. The van der Waals surface area contributed by atoms with Gasteiger partial charge in [0.1, 0.15) is 17.3 Å². The Kier molecular flexibility index (Phi) is 7.68. The normalized spacial score (nSPS) is 10.7. The molecule has 1 aromatic heterocycles. The van der Waals surface area contributed by atoms with Crippen LogP contribution in [0.5, 0.6) is 17.4 Å². The molecule has 0 radical (unpaired) electrons. The Balaban J connectivity index is 1.58. The number of rotatable bonds is 9. The van der Waals surface area contributed by atoms with Crippen LogP contribution in [0.15, 0.2) is 109 Å². The minimum Gasteiger partial charge on any atom is -0.497 e. The van der Waals surface area contributed by atoms with Crippen LogP contribution in [0.3, 0.4) is 0 Å². The Morgan fingerprint density at radius 2 is 1.44 bits per heavy atom. The molecule has 4 aromatic carbocycles. The van der Waals surface area contributed by atoms with E-state index in [0.29, 0.717) is 23.1 Å². The van der Waals surface area contributed by atoms with Crippen LogP contribution < -0.4 is 9.47 Å². The van der Waals surface area contributed by atoms with Crippen LogP contribution in [-0.2, 0) is 13.1 Å². The number of carbonyl (C=O) groups is 1. The van der Waals surface area contributed by atoms with Gasteiger partial charge in [-0.3, -0.25) is 4.79 Å². The van der Waals surface area contributed by atoms with Crippen LogP contribution in [0.1, 0.15) is 27.2 Å². The SMILES string of the molecule is COc1ccc(Oc2c(CN(Cc3ccccc3)C(=O)c3ccccc3F)c(C)nn2-c2ccccc2)cc1. The van der Waals surface area contributed by atoms with Crippen molar-refractivity contribution in [1.82, 2.24) is 14.7 Å². The molecule has 0 fully saturated rings. The zero-order chi connectivity index (χ0) is 27.2. The molecule has 0 bridgehead atoms. The van der Waals surface area contributed by atoms with Gasteiger partial charge in [-0.25, -0.2) is 9.07 Å². The number of amides is 1. The van der Waals surface area contributed by atoms with Gasteiger partial charge >= 0.3 is 0 Å². The number of benzene rings is 4. The molecule has 0 aliphatic heterocycles. The molecule has 0 saturated carbocycles. The first-order chi connectivity index (χ1) is 19.0. The molecule has 7 heteroatoms. The van der Waals surface area contributed by atoms with Crippen LogP contribution >= 0.6 is 0 Å². The fourth-order valence-electron chi connectivity index (χ4n) is 4.32. The number of methoxy groups -OCH3 is 1. The first-order valence-electron chi connectivity index (χ1n) is 12.6. The quantitative estimate of drug-likeness (QED) is 0.210. The van der Waals surface area contributed by atoms with Gasteiger partial charge < -0.3 is 14.4 Å². The Labute approximate surface area is 226 Å². The van der Waals surface area contributed by atoms with Crippen molar-refractivity contribution in [2.24, 2.45) is 0 Å². The number of para-hydroxylation sites is 1. The van der Waals surface area contributed by atoms with Crippen LogP contribution in [0.25, 0.3) is 5.69 Å². The second-order valence-corrected chi connectivity index (χ2v) is 9.02. The molecule has 0 aliphatic rings. The highest BCUT2D eigenvalue weighted by molar-refractivity contribution is 5.94. The largest absolute Gasteiger partial charge is 0.497 e. The fraction of sp³-hybridized carbons (Fsp3) is 0.125. The highest BCUT2D eigenvalue weighted by atomic mass is 19.1. The van der Waals surface area contributed by atoms with Gasteiger partial charge in [-0.2, -0.15) is 5.10 Å². The molecule has 39 heavy (non-hydrogen) atoms. The van der Waals surface area contributed by atoms with Gasteiger partial charge in [0.2, 0.25) is 5.88 Å². The molecule has 0 atom stereocenters. The number of aromatic nitrogens is 2. The van der Waals surface area contributed by atoms with Gasteiger partial charge in [-0.1, -0.05) is 60.7 Å². The van der Waals surface area contributed by atoms with Crippen molar-refractivity contribution < 1.29 is 18.7 Å². The summed E-state index contributed by atoms with van der Waals surface area (Å²) in [6, 6.07) is 32.6. The predicted molar refractivity (Wildman–Crippen MR) is 148 cm³/mol. The van der Waals surface area contributed by atoms with E-state index in [1.807, 2.05) is 91.9 Å². The summed E-state index contributed by atoms with van der Waals surface area (Å²) in [4.78, 5) is 15.3. The Hall–Kier alpha value is -4.91. The molecule has 0 unspecified atom stereocenters. The van der Waals surface area contributed by atoms with E-state index in [9.17, 15) is 9.18 Å². The summed E-state index contributed by atoms with van der Waals surface area (Å²) >= 11 is 0. The Bertz CT molecular complexity index is 1550. The number of hydrogen-bond acceptors (Lipinski definition) is 4. The number of ether oxygens (including phenoxy) is 2. The lowest BCUT2D eigenvalue weighted by Crippen LogP contribution is -2.31. The summed E-state index contributed by atoms with van der Waals surface area (Å²) in [5.41, 5.74) is 3.16. The molecule has 5 aromatic rings. The number of carbonyl (C=O) groups excluding carboxylic acids is 1. The molecule has 0 aliphatic carbocycles. The van der Waals surface area contributed by atoms with E-state index in [4.69, 9.17) is 14.6 Å². The predicted octanol–water partition coefficient (Wildman–Crippen LogP) is 6.96. The van der Waals surface area contributed by atoms with E-state index in [2.05, 4.69) is 0 Å². The maximum atomic E-state index is 14.7. The lowest BCUT2D eigenvalue weighted by molar-refractivity contribution is 0.0724. The highest BCUT2D eigenvalue weighted by Gasteiger charge is 2.26. The van der Waals surface area contributed by atoms with Crippen molar-refractivity contribution in [3.63, 3.8) is 0 Å². The van der Waals surface area contributed by atoms with E-state index in [1.54, 1.807) is 28.8 Å². The molecule has 196 valence electrons. The van der Waals surface area contributed by atoms with E-state index >= 15 is 0 Å².